The lowest BCUT2D eigenvalue weighted by atomic mass is 9.91. The molecule has 1 aromatic rings. The molecule has 0 bridgehead atoms. The monoisotopic (exact) mass is 295 g/mol. The number of hydrogen-bond donors (Lipinski definition) is 1. The lowest BCUT2D eigenvalue weighted by Gasteiger charge is -2.27. The van der Waals surface area contributed by atoms with E-state index in [1.807, 2.05) is 6.07 Å². The first-order valence-corrected chi connectivity index (χ1v) is 8.73. The minimum Gasteiger partial charge on any atom is -0.313 e. The molecule has 0 saturated heterocycles. The number of rotatable bonds is 6. The van der Waals surface area contributed by atoms with Crippen LogP contribution in [0.2, 0.25) is 0 Å². The molecule has 1 aliphatic rings. The van der Waals surface area contributed by atoms with Gasteiger partial charge in [-0.1, -0.05) is 38.8 Å². The molecule has 3 heteroatoms. The van der Waals surface area contributed by atoms with Gasteiger partial charge in [0.05, 0.1) is 0 Å². The zero-order chi connectivity index (χ0) is 14.4. The van der Waals surface area contributed by atoms with Crippen molar-refractivity contribution in [2.75, 3.05) is 6.54 Å². The van der Waals surface area contributed by atoms with E-state index in [0.29, 0.717) is 5.25 Å². The molecule has 2 atom stereocenters. The van der Waals surface area contributed by atoms with E-state index in [2.05, 4.69) is 25.2 Å². The Morgan fingerprint density at radius 3 is 2.95 bits per heavy atom. The van der Waals surface area contributed by atoms with Crippen molar-refractivity contribution in [2.45, 2.75) is 62.6 Å². The molecule has 0 amide bonds. The van der Waals surface area contributed by atoms with E-state index in [4.69, 9.17) is 0 Å². The number of benzene rings is 1. The van der Waals surface area contributed by atoms with Crippen molar-refractivity contribution in [3.05, 3.63) is 29.6 Å². The van der Waals surface area contributed by atoms with Crippen molar-refractivity contribution in [3.63, 3.8) is 0 Å². The Morgan fingerprint density at radius 2 is 2.20 bits per heavy atom. The van der Waals surface area contributed by atoms with Crippen LogP contribution in [0.5, 0.6) is 0 Å². The fraction of sp³-hybridized carbons (Fsp3) is 0.647. The highest BCUT2D eigenvalue weighted by Gasteiger charge is 2.22. The zero-order valence-corrected chi connectivity index (χ0v) is 13.4. The summed E-state index contributed by atoms with van der Waals surface area (Å²) in [6.07, 6.45) is 6.18. The minimum atomic E-state index is -0.0518. The summed E-state index contributed by atoms with van der Waals surface area (Å²) in [5.41, 5.74) is 1.11. The smallest absolute Gasteiger partial charge is 0.137 e. The second-order valence-corrected chi connectivity index (χ2v) is 7.23. The van der Waals surface area contributed by atoms with E-state index in [1.165, 1.54) is 25.7 Å². The van der Waals surface area contributed by atoms with Crippen molar-refractivity contribution in [1.82, 2.24) is 5.32 Å². The van der Waals surface area contributed by atoms with Crippen LogP contribution in [0.25, 0.3) is 0 Å². The van der Waals surface area contributed by atoms with Crippen LogP contribution in [0.4, 0.5) is 4.39 Å². The fourth-order valence-corrected chi connectivity index (χ4v) is 4.39. The summed E-state index contributed by atoms with van der Waals surface area (Å²) in [5, 5.41) is 3.97. The van der Waals surface area contributed by atoms with Gasteiger partial charge in [-0.2, -0.15) is 0 Å². The van der Waals surface area contributed by atoms with Crippen LogP contribution in [0.1, 0.15) is 51.5 Å². The van der Waals surface area contributed by atoms with E-state index >= 15 is 0 Å². The fourth-order valence-electron chi connectivity index (χ4n) is 2.88. The van der Waals surface area contributed by atoms with E-state index in [9.17, 15) is 4.39 Å². The third-order valence-corrected chi connectivity index (χ3v) is 5.42. The van der Waals surface area contributed by atoms with Gasteiger partial charge in [-0.3, -0.25) is 0 Å². The predicted octanol–water partition coefficient (Wildman–Crippen LogP) is 5.00. The number of hydrogen-bond acceptors (Lipinski definition) is 2. The molecule has 0 aromatic heterocycles. The first-order chi connectivity index (χ1) is 9.70. The van der Waals surface area contributed by atoms with Gasteiger partial charge in [-0.15, -0.1) is 11.8 Å². The van der Waals surface area contributed by atoms with Crippen molar-refractivity contribution in [3.8, 4) is 0 Å². The first kappa shape index (κ1) is 15.8. The van der Waals surface area contributed by atoms with Crippen molar-refractivity contribution < 1.29 is 4.39 Å². The molecule has 0 heterocycles. The van der Waals surface area contributed by atoms with E-state index in [0.717, 1.165) is 35.9 Å². The maximum absolute atomic E-state index is 14.2. The zero-order valence-electron chi connectivity index (χ0n) is 12.6. The summed E-state index contributed by atoms with van der Waals surface area (Å²) in [7, 11) is 0. The normalized spacial score (nSPS) is 22.9. The van der Waals surface area contributed by atoms with Crippen LogP contribution >= 0.6 is 11.8 Å². The van der Waals surface area contributed by atoms with Crippen LogP contribution in [0.3, 0.4) is 0 Å². The Morgan fingerprint density at radius 1 is 1.35 bits per heavy atom. The van der Waals surface area contributed by atoms with Crippen LogP contribution in [0.15, 0.2) is 23.1 Å². The molecule has 1 aromatic carbocycles. The van der Waals surface area contributed by atoms with Gasteiger partial charge in [0.15, 0.2) is 0 Å². The largest absolute Gasteiger partial charge is 0.313 e. The van der Waals surface area contributed by atoms with Gasteiger partial charge >= 0.3 is 0 Å². The maximum Gasteiger partial charge on any atom is 0.137 e. The Hall–Kier alpha value is -0.540. The molecule has 2 rings (SSSR count). The Bertz CT molecular complexity index is 421. The molecule has 0 spiro atoms. The van der Waals surface area contributed by atoms with Crippen LogP contribution in [-0.2, 0) is 6.54 Å². The van der Waals surface area contributed by atoms with Gasteiger partial charge in [0, 0.05) is 16.7 Å². The second-order valence-electron chi connectivity index (χ2n) is 5.92. The number of halogens is 1. The maximum atomic E-state index is 14.2. The standard InChI is InChI=1S/C17H26FNS/c1-3-10-19-12-14-7-5-9-16(18)17(14)20-15-8-4-6-13(2)11-15/h5,7,9,13,15,19H,3-4,6,8,10-12H2,1-2H3. The summed E-state index contributed by atoms with van der Waals surface area (Å²) in [4.78, 5) is 0.871. The molecule has 0 aliphatic heterocycles. The highest BCUT2D eigenvalue weighted by atomic mass is 32.2. The molecular formula is C17H26FNS. The molecule has 1 N–H and O–H groups in total. The average Bonchev–Trinajstić information content (AvgIpc) is 2.43. The van der Waals surface area contributed by atoms with Crippen LogP contribution in [0, 0.1) is 11.7 Å². The van der Waals surface area contributed by atoms with Gasteiger partial charge in [0.25, 0.3) is 0 Å². The van der Waals surface area contributed by atoms with Crippen LogP contribution in [-0.4, -0.2) is 11.8 Å². The lowest BCUT2D eigenvalue weighted by molar-refractivity contribution is 0.394. The summed E-state index contributed by atoms with van der Waals surface area (Å²) in [6.45, 7) is 6.23. The van der Waals surface area contributed by atoms with E-state index in [1.54, 1.807) is 17.8 Å². The molecule has 1 saturated carbocycles. The summed E-state index contributed by atoms with van der Waals surface area (Å²) in [5.74, 6) is 0.735. The molecule has 0 radical (unpaired) electrons. The summed E-state index contributed by atoms with van der Waals surface area (Å²) in [6, 6.07) is 5.48. The van der Waals surface area contributed by atoms with Gasteiger partial charge in [0.2, 0.25) is 0 Å². The highest BCUT2D eigenvalue weighted by molar-refractivity contribution is 8.00. The topological polar surface area (TPSA) is 12.0 Å². The molecule has 1 aliphatic carbocycles. The van der Waals surface area contributed by atoms with E-state index in [-0.39, 0.29) is 5.82 Å². The van der Waals surface area contributed by atoms with Crippen molar-refractivity contribution in [1.29, 1.82) is 0 Å². The van der Waals surface area contributed by atoms with Gasteiger partial charge in [0.1, 0.15) is 5.82 Å². The highest BCUT2D eigenvalue weighted by Crippen LogP contribution is 2.38. The molecule has 2 unspecified atom stereocenters. The van der Waals surface area contributed by atoms with Crippen LogP contribution < -0.4 is 5.32 Å². The van der Waals surface area contributed by atoms with Gasteiger partial charge in [-0.05, 0) is 43.4 Å². The van der Waals surface area contributed by atoms with Gasteiger partial charge in [-0.25, -0.2) is 4.39 Å². The van der Waals surface area contributed by atoms with E-state index < -0.39 is 0 Å². The van der Waals surface area contributed by atoms with Crippen molar-refractivity contribution >= 4 is 11.8 Å². The molecule has 20 heavy (non-hydrogen) atoms. The van der Waals surface area contributed by atoms with Crippen molar-refractivity contribution in [2.24, 2.45) is 5.92 Å². The number of nitrogens with one attached hydrogen (secondary N) is 1. The van der Waals surface area contributed by atoms with Gasteiger partial charge < -0.3 is 5.32 Å². The summed E-state index contributed by atoms with van der Waals surface area (Å²) < 4.78 is 14.2. The molecule has 1 nitrogen and oxygen atoms in total. The Kier molecular flexibility index (Phi) is 6.37. The minimum absolute atomic E-state index is 0.0518. The number of thioether (sulfide) groups is 1. The third kappa shape index (κ3) is 4.49. The SMILES string of the molecule is CCCNCc1cccc(F)c1SC1CCCC(C)C1. The first-order valence-electron chi connectivity index (χ1n) is 7.85. The summed E-state index contributed by atoms with van der Waals surface area (Å²) >= 11 is 1.76. The lowest BCUT2D eigenvalue weighted by Crippen LogP contribution is -2.17. The molecule has 1 fully saturated rings. The Labute approximate surface area is 126 Å². The molecule has 112 valence electrons. The quantitative estimate of drug-likeness (QED) is 0.741. The average molecular weight is 295 g/mol. The Balaban J connectivity index is 2.04. The third-order valence-electron chi connectivity index (χ3n) is 3.96. The second kappa shape index (κ2) is 8.04. The predicted molar refractivity (Wildman–Crippen MR) is 85.7 cm³/mol. The molecular weight excluding hydrogens is 269 g/mol.